The highest BCUT2D eigenvalue weighted by Gasteiger charge is 2.37. The van der Waals surface area contributed by atoms with Crippen LogP contribution < -0.4 is 10.5 Å². The maximum atomic E-state index is 13.8. The average Bonchev–Trinajstić information content (AvgIpc) is 2.66. The fourth-order valence-corrected chi connectivity index (χ4v) is 2.19. The topological polar surface area (TPSA) is 84.0 Å². The van der Waals surface area contributed by atoms with E-state index in [0.29, 0.717) is 17.7 Å². The zero-order valence-electron chi connectivity index (χ0n) is 10.4. The van der Waals surface area contributed by atoms with E-state index in [1.54, 1.807) is 13.0 Å². The third kappa shape index (κ3) is 2.12. The van der Waals surface area contributed by atoms with Crippen LogP contribution in [0.2, 0.25) is 0 Å². The molecule has 1 heterocycles. The summed E-state index contributed by atoms with van der Waals surface area (Å²) in [5, 5.41) is 3.51. The Hall–Kier alpha value is -1.78. The first-order valence-electron chi connectivity index (χ1n) is 5.73. The average molecular weight is 250 g/mol. The highest BCUT2D eigenvalue weighted by atomic mass is 19.1. The van der Waals surface area contributed by atoms with Gasteiger partial charge >= 0.3 is 0 Å². The number of hydrogen-bond acceptors (Lipinski definition) is 3. The van der Waals surface area contributed by atoms with E-state index in [1.807, 2.05) is 6.92 Å². The Labute approximate surface area is 104 Å². The summed E-state index contributed by atoms with van der Waals surface area (Å²) in [6, 6.07) is 2.80. The van der Waals surface area contributed by atoms with E-state index in [9.17, 15) is 4.39 Å². The minimum atomic E-state index is -0.694. The monoisotopic (exact) mass is 250 g/mol. The van der Waals surface area contributed by atoms with Crippen LogP contribution in [-0.4, -0.2) is 12.1 Å². The maximum absolute atomic E-state index is 13.8. The summed E-state index contributed by atoms with van der Waals surface area (Å²) >= 11 is 0. The second kappa shape index (κ2) is 4.48. The van der Waals surface area contributed by atoms with Crippen molar-refractivity contribution in [3.8, 4) is 5.75 Å². The molecule has 0 aliphatic carbocycles. The Morgan fingerprint density at radius 1 is 1.67 bits per heavy atom. The first-order valence-corrected chi connectivity index (χ1v) is 5.73. The van der Waals surface area contributed by atoms with E-state index in [0.717, 1.165) is 5.56 Å². The predicted molar refractivity (Wildman–Crippen MR) is 65.8 cm³/mol. The Bertz CT molecular complexity index is 525. The van der Waals surface area contributed by atoms with E-state index >= 15 is 0 Å². The van der Waals surface area contributed by atoms with Crippen LogP contribution in [0.3, 0.4) is 0 Å². The van der Waals surface area contributed by atoms with Gasteiger partial charge in [0.1, 0.15) is 17.2 Å². The van der Waals surface area contributed by atoms with Crippen molar-refractivity contribution in [2.75, 3.05) is 6.54 Å². The zero-order valence-corrected chi connectivity index (χ0v) is 10.4. The highest BCUT2D eigenvalue weighted by Crippen LogP contribution is 2.41. The third-order valence-corrected chi connectivity index (χ3v) is 3.09. The molecule has 0 amide bonds. The van der Waals surface area contributed by atoms with Gasteiger partial charge in [-0.25, -0.2) is 4.39 Å². The molecule has 0 bridgehead atoms. The lowest BCUT2D eigenvalue weighted by atomic mass is 9.97. The molecule has 2 N–H and O–H groups in total. The second-order valence-corrected chi connectivity index (χ2v) is 4.85. The minimum Gasteiger partial charge on any atom is -0.486 e. The van der Waals surface area contributed by atoms with Crippen LogP contribution in [0.1, 0.15) is 31.0 Å². The van der Waals surface area contributed by atoms with Crippen LogP contribution in [0, 0.1) is 5.82 Å². The second-order valence-electron chi connectivity index (χ2n) is 4.85. The number of hydrogen-bond donors (Lipinski definition) is 1. The number of nitrogens with two attached hydrogens (primary N) is 1. The molecule has 6 heteroatoms. The predicted octanol–water partition coefficient (Wildman–Crippen LogP) is 2.85. The number of halogens is 1. The van der Waals surface area contributed by atoms with Crippen molar-refractivity contribution < 1.29 is 9.13 Å². The molecule has 1 aliphatic heterocycles. The fourth-order valence-electron chi connectivity index (χ4n) is 2.19. The van der Waals surface area contributed by atoms with Gasteiger partial charge in [-0.05, 0) is 25.4 Å². The Balaban J connectivity index is 2.41. The molecule has 96 valence electrons. The molecule has 1 aromatic carbocycles. The first-order chi connectivity index (χ1) is 8.47. The largest absolute Gasteiger partial charge is 0.486 e. The number of fused-ring (bicyclic) bond motifs is 1. The van der Waals surface area contributed by atoms with Gasteiger partial charge in [-0.2, -0.15) is 0 Å². The van der Waals surface area contributed by atoms with Crippen molar-refractivity contribution in [1.29, 1.82) is 0 Å². The molecule has 2 atom stereocenters. The summed E-state index contributed by atoms with van der Waals surface area (Å²) in [4.78, 5) is 2.71. The SMILES string of the molecule is CC(N)c1ccc(F)c2c1OC(C)(CN=[N+]=[N-])C2. The number of rotatable bonds is 3. The lowest BCUT2D eigenvalue weighted by molar-refractivity contribution is 0.124. The molecule has 18 heavy (non-hydrogen) atoms. The first kappa shape index (κ1) is 12.7. The molecular weight excluding hydrogens is 235 g/mol. The number of benzene rings is 1. The summed E-state index contributed by atoms with van der Waals surface area (Å²) in [6.07, 6.45) is 0.383. The van der Waals surface area contributed by atoms with Gasteiger partial charge in [0.25, 0.3) is 0 Å². The number of ether oxygens (including phenoxy) is 1. The van der Waals surface area contributed by atoms with Crippen LogP contribution in [0.25, 0.3) is 10.4 Å². The molecule has 1 aromatic rings. The summed E-state index contributed by atoms with van der Waals surface area (Å²) in [5.41, 5.74) is 14.8. The van der Waals surface area contributed by atoms with E-state index in [2.05, 4.69) is 10.0 Å². The Morgan fingerprint density at radius 2 is 2.39 bits per heavy atom. The van der Waals surface area contributed by atoms with Crippen LogP contribution in [-0.2, 0) is 6.42 Å². The molecular formula is C12H15FN4O. The molecule has 0 saturated carbocycles. The standard InChI is InChI=1S/C12H15FN4O/c1-7(14)8-3-4-10(13)9-5-12(2,6-16-17-15)18-11(8)9/h3-4,7H,5-6,14H2,1-2H3. The third-order valence-electron chi connectivity index (χ3n) is 3.09. The lowest BCUT2D eigenvalue weighted by Crippen LogP contribution is -2.33. The van der Waals surface area contributed by atoms with Crippen LogP contribution in [0.5, 0.6) is 5.75 Å². The van der Waals surface area contributed by atoms with Crippen molar-refractivity contribution in [2.24, 2.45) is 10.8 Å². The molecule has 2 rings (SSSR count). The smallest absolute Gasteiger partial charge is 0.131 e. The minimum absolute atomic E-state index is 0.163. The van der Waals surface area contributed by atoms with E-state index in [-0.39, 0.29) is 18.4 Å². The van der Waals surface area contributed by atoms with Gasteiger partial charge in [-0.15, -0.1) is 0 Å². The summed E-state index contributed by atoms with van der Waals surface area (Å²) in [7, 11) is 0. The molecule has 0 spiro atoms. The maximum Gasteiger partial charge on any atom is 0.131 e. The Morgan fingerprint density at radius 3 is 3.00 bits per heavy atom. The molecule has 0 saturated heterocycles. The van der Waals surface area contributed by atoms with E-state index in [4.69, 9.17) is 16.0 Å². The quantitative estimate of drug-likeness (QED) is 0.508. The van der Waals surface area contributed by atoms with Crippen molar-refractivity contribution >= 4 is 0 Å². The fraction of sp³-hybridized carbons (Fsp3) is 0.500. The normalized spacial score (nSPS) is 22.9. The lowest BCUT2D eigenvalue weighted by Gasteiger charge is -2.22. The Kier molecular flexibility index (Phi) is 3.15. The molecule has 0 fully saturated rings. The van der Waals surface area contributed by atoms with Crippen molar-refractivity contribution in [2.45, 2.75) is 31.9 Å². The van der Waals surface area contributed by atoms with Gasteiger partial charge in [-0.1, -0.05) is 11.2 Å². The van der Waals surface area contributed by atoms with E-state index in [1.165, 1.54) is 6.07 Å². The van der Waals surface area contributed by atoms with Crippen molar-refractivity contribution in [3.05, 3.63) is 39.5 Å². The number of azide groups is 1. The summed E-state index contributed by atoms with van der Waals surface area (Å²) in [5.74, 6) is 0.194. The van der Waals surface area contributed by atoms with Crippen LogP contribution in [0.4, 0.5) is 4.39 Å². The van der Waals surface area contributed by atoms with E-state index < -0.39 is 5.60 Å². The van der Waals surface area contributed by atoms with Gasteiger partial charge in [-0.3, -0.25) is 0 Å². The summed E-state index contributed by atoms with van der Waals surface area (Å²) < 4.78 is 19.6. The van der Waals surface area contributed by atoms with Gasteiger partial charge in [0.2, 0.25) is 0 Å². The van der Waals surface area contributed by atoms with Gasteiger partial charge in [0.05, 0.1) is 6.54 Å². The van der Waals surface area contributed by atoms with Gasteiger partial charge in [0.15, 0.2) is 0 Å². The van der Waals surface area contributed by atoms with Crippen LogP contribution in [0.15, 0.2) is 17.2 Å². The number of nitrogens with zero attached hydrogens (tertiary/aromatic N) is 3. The van der Waals surface area contributed by atoms with Crippen LogP contribution >= 0.6 is 0 Å². The highest BCUT2D eigenvalue weighted by molar-refractivity contribution is 5.48. The molecule has 0 radical (unpaired) electrons. The summed E-state index contributed by atoms with van der Waals surface area (Å²) in [6.45, 7) is 3.78. The van der Waals surface area contributed by atoms with Crippen molar-refractivity contribution in [3.63, 3.8) is 0 Å². The van der Waals surface area contributed by atoms with Crippen molar-refractivity contribution in [1.82, 2.24) is 0 Å². The van der Waals surface area contributed by atoms with Gasteiger partial charge < -0.3 is 10.5 Å². The molecule has 0 aromatic heterocycles. The van der Waals surface area contributed by atoms with Gasteiger partial charge in [0, 0.05) is 28.5 Å². The molecule has 5 nitrogen and oxygen atoms in total. The zero-order chi connectivity index (χ0) is 13.3. The molecule has 1 aliphatic rings. The molecule has 2 unspecified atom stereocenters.